The molecule has 0 radical (unpaired) electrons. The van der Waals surface area contributed by atoms with Gasteiger partial charge in [0.25, 0.3) is 11.8 Å². The molecule has 2 aromatic heterocycles. The fourth-order valence-electron chi connectivity index (χ4n) is 4.47. The van der Waals surface area contributed by atoms with Gasteiger partial charge in [0.2, 0.25) is 5.88 Å². The topological polar surface area (TPSA) is 124 Å². The van der Waals surface area contributed by atoms with E-state index in [1.54, 1.807) is 18.3 Å². The summed E-state index contributed by atoms with van der Waals surface area (Å²) in [4.78, 5) is 29.3. The van der Waals surface area contributed by atoms with Crippen molar-refractivity contribution in [3.8, 4) is 17.1 Å². The molecule has 2 amide bonds. The Balaban J connectivity index is 1.41. The van der Waals surface area contributed by atoms with Crippen LogP contribution in [0.4, 0.5) is 11.5 Å². The molecule has 0 fully saturated rings. The second-order valence-electron chi connectivity index (χ2n) is 8.72. The number of hydrogen-bond acceptors (Lipinski definition) is 6. The van der Waals surface area contributed by atoms with Crippen LogP contribution in [0.25, 0.3) is 11.3 Å². The number of halogens is 1. The molecule has 2 aromatic carbocycles. The zero-order valence-electron chi connectivity index (χ0n) is 20.3. The number of anilines is 2. The Labute approximate surface area is 227 Å². The van der Waals surface area contributed by atoms with Gasteiger partial charge in [-0.2, -0.15) is 5.10 Å². The summed E-state index contributed by atoms with van der Waals surface area (Å²) in [5.74, 6) is 0.0545. The van der Waals surface area contributed by atoms with Gasteiger partial charge >= 0.3 is 0 Å². The molecule has 0 saturated heterocycles. The highest BCUT2D eigenvalue weighted by Gasteiger charge is 2.26. The van der Waals surface area contributed by atoms with Crippen LogP contribution in [0, 0.1) is 10.5 Å². The first kappa shape index (κ1) is 24.8. The van der Waals surface area contributed by atoms with E-state index in [1.165, 1.54) is 12.7 Å². The quantitative estimate of drug-likeness (QED) is 0.282. The average molecular weight is 608 g/mol. The van der Waals surface area contributed by atoms with E-state index in [4.69, 9.17) is 15.6 Å². The summed E-state index contributed by atoms with van der Waals surface area (Å²) in [5.41, 5.74) is 11.9. The normalized spacial score (nSPS) is 12.1. The number of benzene rings is 2. The number of rotatable bonds is 6. The summed E-state index contributed by atoms with van der Waals surface area (Å²) >= 11 is 2.29. The third-order valence-electron chi connectivity index (χ3n) is 6.38. The molecule has 188 valence electrons. The first-order valence-corrected chi connectivity index (χ1v) is 12.8. The van der Waals surface area contributed by atoms with E-state index in [9.17, 15) is 9.59 Å². The van der Waals surface area contributed by atoms with Crippen molar-refractivity contribution in [3.05, 3.63) is 86.1 Å². The highest BCUT2D eigenvalue weighted by Crippen LogP contribution is 2.35. The van der Waals surface area contributed by atoms with Crippen molar-refractivity contribution in [2.45, 2.75) is 26.4 Å². The lowest BCUT2D eigenvalue weighted by Crippen LogP contribution is -2.24. The lowest BCUT2D eigenvalue weighted by Gasteiger charge is -2.12. The van der Waals surface area contributed by atoms with Crippen molar-refractivity contribution in [1.82, 2.24) is 20.1 Å². The van der Waals surface area contributed by atoms with Crippen LogP contribution < -0.4 is 21.1 Å². The monoisotopic (exact) mass is 608 g/mol. The second-order valence-corrected chi connectivity index (χ2v) is 9.97. The van der Waals surface area contributed by atoms with Crippen LogP contribution in [0.5, 0.6) is 5.88 Å². The molecule has 4 aromatic rings. The Morgan fingerprint density at radius 1 is 1.22 bits per heavy atom. The Morgan fingerprint density at radius 3 is 2.81 bits per heavy atom. The molecular weight excluding hydrogens is 583 g/mol. The number of nitrogens with one attached hydrogen (secondary N) is 2. The molecule has 3 heterocycles. The van der Waals surface area contributed by atoms with Crippen LogP contribution in [-0.4, -0.2) is 33.7 Å². The van der Waals surface area contributed by atoms with E-state index in [1.807, 2.05) is 41.9 Å². The molecule has 1 aliphatic rings. The van der Waals surface area contributed by atoms with Crippen LogP contribution in [0.3, 0.4) is 0 Å². The van der Waals surface area contributed by atoms with Crippen molar-refractivity contribution in [3.63, 3.8) is 0 Å². The Morgan fingerprint density at radius 2 is 2.05 bits per heavy atom. The molecular formula is C27H25IN6O3. The van der Waals surface area contributed by atoms with E-state index < -0.39 is 5.91 Å². The molecule has 0 bridgehead atoms. The molecule has 1 aliphatic heterocycles. The molecule has 5 rings (SSSR count). The third-order valence-corrected chi connectivity index (χ3v) is 7.05. The predicted octanol–water partition coefficient (Wildman–Crippen LogP) is 4.20. The number of nitrogens with two attached hydrogens (primary N) is 1. The number of carbonyl (C=O) groups is 2. The van der Waals surface area contributed by atoms with Gasteiger partial charge in [0.15, 0.2) is 0 Å². The minimum atomic E-state index is -0.544. The summed E-state index contributed by atoms with van der Waals surface area (Å²) in [6.07, 6.45) is 2.36. The van der Waals surface area contributed by atoms with Crippen molar-refractivity contribution >= 4 is 45.9 Å². The highest BCUT2D eigenvalue weighted by atomic mass is 127. The van der Waals surface area contributed by atoms with E-state index in [0.717, 1.165) is 32.4 Å². The molecule has 10 heteroatoms. The Hall–Kier alpha value is -3.93. The van der Waals surface area contributed by atoms with Gasteiger partial charge in [-0.1, -0.05) is 12.1 Å². The maximum absolute atomic E-state index is 12.7. The number of nitrogens with zero attached hydrogens (tertiary/aromatic N) is 3. The van der Waals surface area contributed by atoms with Gasteiger partial charge in [-0.25, -0.2) is 9.67 Å². The van der Waals surface area contributed by atoms with Gasteiger partial charge in [-0.15, -0.1) is 0 Å². The zero-order chi connectivity index (χ0) is 26.1. The second kappa shape index (κ2) is 10.2. The molecule has 9 nitrogen and oxygen atoms in total. The van der Waals surface area contributed by atoms with Crippen molar-refractivity contribution < 1.29 is 14.3 Å². The van der Waals surface area contributed by atoms with Crippen molar-refractivity contribution in [1.29, 1.82) is 0 Å². The van der Waals surface area contributed by atoms with Gasteiger partial charge in [0.1, 0.15) is 22.6 Å². The van der Waals surface area contributed by atoms with E-state index in [2.05, 4.69) is 44.3 Å². The standard InChI is InChI=1S/C27H25IN6O3/c1-15-12-17(5-6-18(15)14-31-26(36)20-4-3-10-30-27(20)37-2)23-22(24(29)35)25-32-21-8-7-19(28)13-16(21)9-11-34(25)33-23/h3-8,10,12-13,32H,9,11,14H2,1-2H3,(H2,29,35)(H,31,36). The maximum atomic E-state index is 12.7. The number of ether oxygens (including phenoxy) is 1. The van der Waals surface area contributed by atoms with Crippen LogP contribution >= 0.6 is 22.6 Å². The minimum Gasteiger partial charge on any atom is -0.480 e. The number of aromatic nitrogens is 3. The van der Waals surface area contributed by atoms with Crippen molar-refractivity contribution in [2.75, 3.05) is 12.4 Å². The average Bonchev–Trinajstić information content (AvgIpc) is 3.16. The number of carbonyl (C=O) groups excluding carboxylic acids is 2. The van der Waals surface area contributed by atoms with E-state index in [-0.39, 0.29) is 11.8 Å². The van der Waals surface area contributed by atoms with Gasteiger partial charge < -0.3 is 21.1 Å². The predicted molar refractivity (Wildman–Crippen MR) is 149 cm³/mol. The lowest BCUT2D eigenvalue weighted by molar-refractivity contribution is 0.0945. The van der Waals surface area contributed by atoms with Gasteiger partial charge in [0.05, 0.1) is 7.11 Å². The van der Waals surface area contributed by atoms with Gasteiger partial charge in [0, 0.05) is 34.1 Å². The highest BCUT2D eigenvalue weighted by molar-refractivity contribution is 14.1. The molecule has 0 aliphatic carbocycles. The minimum absolute atomic E-state index is 0.275. The zero-order valence-corrected chi connectivity index (χ0v) is 22.5. The Bertz CT molecular complexity index is 1530. The van der Waals surface area contributed by atoms with Crippen molar-refractivity contribution in [2.24, 2.45) is 5.73 Å². The van der Waals surface area contributed by atoms with Gasteiger partial charge in [-0.05, 0) is 89.0 Å². The lowest BCUT2D eigenvalue weighted by atomic mass is 10.0. The maximum Gasteiger partial charge on any atom is 0.257 e. The number of hydrogen-bond donors (Lipinski definition) is 3. The smallest absolute Gasteiger partial charge is 0.257 e. The molecule has 0 saturated carbocycles. The summed E-state index contributed by atoms with van der Waals surface area (Å²) in [5, 5.41) is 11.1. The van der Waals surface area contributed by atoms with E-state index >= 15 is 0 Å². The summed E-state index contributed by atoms with van der Waals surface area (Å²) in [6, 6.07) is 15.3. The molecule has 37 heavy (non-hydrogen) atoms. The number of amides is 2. The molecule has 4 N–H and O–H groups in total. The van der Waals surface area contributed by atoms with Crippen LogP contribution in [0.15, 0.2) is 54.7 Å². The summed E-state index contributed by atoms with van der Waals surface area (Å²) in [6.45, 7) is 2.90. The van der Waals surface area contributed by atoms with Crippen LogP contribution in [0.2, 0.25) is 0 Å². The fourth-order valence-corrected chi connectivity index (χ4v) is 5.03. The fraction of sp³-hybridized carbons (Fsp3) is 0.185. The van der Waals surface area contributed by atoms with Crippen LogP contribution in [-0.2, 0) is 19.5 Å². The largest absolute Gasteiger partial charge is 0.480 e. The molecule has 0 atom stereocenters. The molecule has 0 spiro atoms. The number of methoxy groups -OCH3 is 1. The van der Waals surface area contributed by atoms with Crippen LogP contribution in [0.1, 0.15) is 37.4 Å². The first-order chi connectivity index (χ1) is 17.9. The van der Waals surface area contributed by atoms with Gasteiger partial charge in [-0.3, -0.25) is 9.59 Å². The number of primary amides is 1. The summed E-state index contributed by atoms with van der Waals surface area (Å²) < 4.78 is 8.15. The number of aryl methyl sites for hydroxylation is 3. The summed E-state index contributed by atoms with van der Waals surface area (Å²) in [7, 11) is 1.48. The first-order valence-electron chi connectivity index (χ1n) is 11.7. The number of pyridine rings is 1. The third kappa shape index (κ3) is 4.88. The SMILES string of the molecule is COc1ncccc1C(=O)NCc1ccc(-c2nn3c(c2C(N)=O)Nc2ccc(I)cc2CC3)cc1C. The van der Waals surface area contributed by atoms with E-state index in [0.29, 0.717) is 35.7 Å². The number of fused-ring (bicyclic) bond motifs is 2. The molecule has 0 unspecified atom stereocenters. The Kier molecular flexibility index (Phi) is 6.83.